The Kier molecular flexibility index (Phi) is 3.48. The maximum atomic E-state index is 11.5. The summed E-state index contributed by atoms with van der Waals surface area (Å²) in [7, 11) is 1.69. The number of carboxylic acids is 1. The summed E-state index contributed by atoms with van der Waals surface area (Å²) in [6.07, 6.45) is 1.60. The normalized spacial score (nSPS) is 12.4. The molecule has 6 nitrogen and oxygen atoms in total. The molecule has 1 unspecified atom stereocenters. The maximum absolute atomic E-state index is 11.5. The quantitative estimate of drug-likeness (QED) is 0.928. The second-order valence-electron chi connectivity index (χ2n) is 4.82. The van der Waals surface area contributed by atoms with Crippen LogP contribution in [-0.2, 0) is 4.79 Å². The van der Waals surface area contributed by atoms with Gasteiger partial charge in [-0.1, -0.05) is 0 Å². The van der Waals surface area contributed by atoms with E-state index < -0.39 is 5.97 Å². The number of nitrogens with zero attached hydrogens (tertiary/aromatic N) is 3. The second kappa shape index (κ2) is 4.96. The number of carbonyl (C=O) groups is 2. The summed E-state index contributed by atoms with van der Waals surface area (Å²) < 4.78 is 1.60. The minimum atomic E-state index is -0.989. The van der Waals surface area contributed by atoms with Gasteiger partial charge in [0.05, 0.1) is 22.8 Å². The lowest BCUT2D eigenvalue weighted by Gasteiger charge is -2.24. The summed E-state index contributed by atoms with van der Waals surface area (Å²) in [5.41, 5.74) is 2.13. The highest BCUT2D eigenvalue weighted by molar-refractivity contribution is 5.98. The van der Waals surface area contributed by atoms with Crippen molar-refractivity contribution < 1.29 is 14.7 Å². The van der Waals surface area contributed by atoms with Gasteiger partial charge in [0.1, 0.15) is 0 Å². The topological polar surface area (TPSA) is 74.9 Å². The number of aromatic nitrogens is 2. The molecule has 0 spiro atoms. The Bertz CT molecular complexity index is 690. The lowest BCUT2D eigenvalue weighted by molar-refractivity contribution is -0.129. The number of fused-ring (bicyclic) bond motifs is 1. The summed E-state index contributed by atoms with van der Waals surface area (Å²) >= 11 is 0. The van der Waals surface area contributed by atoms with E-state index in [2.05, 4.69) is 5.10 Å². The maximum Gasteiger partial charge on any atom is 0.338 e. The van der Waals surface area contributed by atoms with Gasteiger partial charge in [-0.3, -0.25) is 4.79 Å². The van der Waals surface area contributed by atoms with Crippen LogP contribution in [0.2, 0.25) is 0 Å². The van der Waals surface area contributed by atoms with Gasteiger partial charge in [0.15, 0.2) is 0 Å². The van der Waals surface area contributed by atoms with E-state index >= 15 is 0 Å². The second-order valence-corrected chi connectivity index (χ2v) is 4.82. The third-order valence-corrected chi connectivity index (χ3v) is 3.68. The molecule has 2 aromatic rings. The van der Waals surface area contributed by atoms with Crippen molar-refractivity contribution in [2.75, 3.05) is 7.05 Å². The molecular weight excluding hydrogens is 258 g/mol. The standard InChI is InChI=1S/C14H17N3O3/c1-8-12(14(19)20)11-6-5-7-15-17(11)13(8)9(2)16(4)10(3)18/h5-7,9H,1-4H3,(H,19,20). The Balaban J connectivity index is 2.73. The van der Waals surface area contributed by atoms with Gasteiger partial charge in [-0.25, -0.2) is 9.31 Å². The zero-order valence-corrected chi connectivity index (χ0v) is 11.9. The van der Waals surface area contributed by atoms with Gasteiger partial charge in [-0.05, 0) is 31.5 Å². The monoisotopic (exact) mass is 275 g/mol. The summed E-state index contributed by atoms with van der Waals surface area (Å²) in [5, 5.41) is 13.6. The first-order chi connectivity index (χ1) is 9.36. The van der Waals surface area contributed by atoms with E-state index in [-0.39, 0.29) is 17.5 Å². The zero-order valence-electron chi connectivity index (χ0n) is 11.9. The van der Waals surface area contributed by atoms with Crippen molar-refractivity contribution >= 4 is 17.4 Å². The molecule has 1 N–H and O–H groups in total. The van der Waals surface area contributed by atoms with Gasteiger partial charge in [-0.2, -0.15) is 5.10 Å². The van der Waals surface area contributed by atoms with Gasteiger partial charge < -0.3 is 10.0 Å². The third kappa shape index (κ3) is 2.03. The van der Waals surface area contributed by atoms with Gasteiger partial charge in [0.2, 0.25) is 5.91 Å². The highest BCUT2D eigenvalue weighted by Gasteiger charge is 2.26. The van der Waals surface area contributed by atoms with Crippen LogP contribution in [0, 0.1) is 6.92 Å². The minimum absolute atomic E-state index is 0.0837. The Labute approximate surface area is 116 Å². The molecule has 0 aliphatic carbocycles. The van der Waals surface area contributed by atoms with Gasteiger partial charge in [0.25, 0.3) is 0 Å². The molecule has 20 heavy (non-hydrogen) atoms. The van der Waals surface area contributed by atoms with Gasteiger partial charge >= 0.3 is 5.97 Å². The van der Waals surface area contributed by atoms with Crippen LogP contribution >= 0.6 is 0 Å². The molecule has 2 rings (SSSR count). The Hall–Kier alpha value is -2.37. The number of aromatic carboxylic acids is 1. The fraction of sp³-hybridized carbons (Fsp3) is 0.357. The summed E-state index contributed by atoms with van der Waals surface area (Å²) in [5.74, 6) is -1.07. The molecular formula is C14H17N3O3. The molecule has 2 heterocycles. The molecule has 6 heteroatoms. The van der Waals surface area contributed by atoms with Crippen LogP contribution in [0.15, 0.2) is 18.3 Å². The fourth-order valence-electron chi connectivity index (χ4n) is 2.45. The van der Waals surface area contributed by atoms with Crippen LogP contribution in [0.5, 0.6) is 0 Å². The Morgan fingerprint density at radius 1 is 1.45 bits per heavy atom. The molecule has 0 aliphatic rings. The fourth-order valence-corrected chi connectivity index (χ4v) is 2.45. The molecule has 0 saturated heterocycles. The van der Waals surface area contributed by atoms with Gasteiger partial charge in [0, 0.05) is 20.2 Å². The number of carbonyl (C=O) groups excluding carboxylic acids is 1. The number of carboxylic acid groups (broad SMARTS) is 1. The zero-order chi connectivity index (χ0) is 15.0. The number of rotatable bonds is 3. The molecule has 0 radical (unpaired) electrons. The number of hydrogen-bond donors (Lipinski definition) is 1. The molecule has 0 fully saturated rings. The van der Waals surface area contributed by atoms with E-state index in [1.54, 1.807) is 41.7 Å². The molecule has 1 atom stereocenters. The first-order valence-corrected chi connectivity index (χ1v) is 6.29. The van der Waals surface area contributed by atoms with Crippen LogP contribution in [0.1, 0.15) is 41.5 Å². The van der Waals surface area contributed by atoms with Crippen LogP contribution in [0.3, 0.4) is 0 Å². The van der Waals surface area contributed by atoms with Crippen LogP contribution < -0.4 is 0 Å². The predicted octanol–water partition coefficient (Wildman–Crippen LogP) is 1.88. The largest absolute Gasteiger partial charge is 0.478 e. The lowest BCUT2D eigenvalue weighted by Crippen LogP contribution is -2.28. The predicted molar refractivity (Wildman–Crippen MR) is 73.7 cm³/mol. The van der Waals surface area contributed by atoms with Crippen molar-refractivity contribution in [3.05, 3.63) is 35.2 Å². The van der Waals surface area contributed by atoms with Crippen LogP contribution in [0.4, 0.5) is 0 Å². The van der Waals surface area contributed by atoms with E-state index in [9.17, 15) is 14.7 Å². The summed E-state index contributed by atoms with van der Waals surface area (Å²) in [6, 6.07) is 3.15. The average molecular weight is 275 g/mol. The molecule has 1 amide bonds. The Morgan fingerprint density at radius 2 is 2.10 bits per heavy atom. The average Bonchev–Trinajstić information content (AvgIpc) is 2.68. The highest BCUT2D eigenvalue weighted by atomic mass is 16.4. The van der Waals surface area contributed by atoms with E-state index in [1.807, 2.05) is 6.92 Å². The smallest absolute Gasteiger partial charge is 0.338 e. The summed E-state index contributed by atoms with van der Waals surface area (Å²) in [4.78, 5) is 24.5. The van der Waals surface area contributed by atoms with E-state index in [0.717, 1.165) is 5.69 Å². The van der Waals surface area contributed by atoms with Crippen LogP contribution in [0.25, 0.3) is 5.52 Å². The third-order valence-electron chi connectivity index (χ3n) is 3.68. The highest BCUT2D eigenvalue weighted by Crippen LogP contribution is 2.29. The van der Waals surface area contributed by atoms with Crippen molar-refractivity contribution in [2.45, 2.75) is 26.8 Å². The van der Waals surface area contributed by atoms with Gasteiger partial charge in [-0.15, -0.1) is 0 Å². The first-order valence-electron chi connectivity index (χ1n) is 6.29. The van der Waals surface area contributed by atoms with Crippen molar-refractivity contribution in [3.8, 4) is 0 Å². The van der Waals surface area contributed by atoms with E-state index in [1.165, 1.54) is 6.92 Å². The SMILES string of the molecule is CC(=O)N(C)C(C)c1c(C)c(C(=O)O)c2cccnn12. The molecule has 2 aromatic heterocycles. The number of amides is 1. The molecule has 0 bridgehead atoms. The van der Waals surface area contributed by atoms with Crippen molar-refractivity contribution in [2.24, 2.45) is 0 Å². The van der Waals surface area contributed by atoms with Crippen LogP contribution in [-0.4, -0.2) is 38.5 Å². The minimum Gasteiger partial charge on any atom is -0.478 e. The number of hydrogen-bond acceptors (Lipinski definition) is 3. The molecule has 0 aromatic carbocycles. The lowest BCUT2D eigenvalue weighted by atomic mass is 10.1. The molecule has 0 saturated carbocycles. The first kappa shape index (κ1) is 14.0. The van der Waals surface area contributed by atoms with Crippen molar-refractivity contribution in [3.63, 3.8) is 0 Å². The Morgan fingerprint density at radius 3 is 2.65 bits per heavy atom. The van der Waals surface area contributed by atoms with Crippen molar-refractivity contribution in [1.29, 1.82) is 0 Å². The van der Waals surface area contributed by atoms with E-state index in [0.29, 0.717) is 11.1 Å². The van der Waals surface area contributed by atoms with Crippen molar-refractivity contribution in [1.82, 2.24) is 14.5 Å². The van der Waals surface area contributed by atoms with E-state index in [4.69, 9.17) is 0 Å². The summed E-state index contributed by atoms with van der Waals surface area (Å²) in [6.45, 7) is 5.08. The molecule has 106 valence electrons. The molecule has 0 aliphatic heterocycles.